The van der Waals surface area contributed by atoms with Crippen molar-refractivity contribution < 1.29 is 22.4 Å². The minimum atomic E-state index is -4.19. The van der Waals surface area contributed by atoms with E-state index < -0.39 is 39.9 Å². The van der Waals surface area contributed by atoms with Gasteiger partial charge in [-0.05, 0) is 82.1 Å². The van der Waals surface area contributed by atoms with Crippen LogP contribution in [0.1, 0.15) is 38.8 Å². The van der Waals surface area contributed by atoms with Crippen LogP contribution in [0.15, 0.2) is 83.8 Å². The van der Waals surface area contributed by atoms with Crippen molar-refractivity contribution in [2.45, 2.75) is 57.6 Å². The van der Waals surface area contributed by atoms with Crippen LogP contribution in [0.2, 0.25) is 0 Å². The van der Waals surface area contributed by atoms with Gasteiger partial charge in [0.2, 0.25) is 11.8 Å². The second-order valence-electron chi connectivity index (χ2n) is 10.2. The molecule has 2 amide bonds. The summed E-state index contributed by atoms with van der Waals surface area (Å²) in [6.45, 7) is 8.57. The monoisotopic (exact) mass is 539 g/mol. The van der Waals surface area contributed by atoms with Crippen LogP contribution in [0, 0.1) is 12.7 Å². The number of benzene rings is 3. The Kier molecular flexibility index (Phi) is 8.93. The Morgan fingerprint density at radius 1 is 0.921 bits per heavy atom. The number of nitrogens with one attached hydrogen (secondary N) is 1. The van der Waals surface area contributed by atoms with Gasteiger partial charge in [-0.25, -0.2) is 12.8 Å². The topological polar surface area (TPSA) is 86.8 Å². The highest BCUT2D eigenvalue weighted by Crippen LogP contribution is 2.25. The Labute approximate surface area is 224 Å². The third-order valence-corrected chi connectivity index (χ3v) is 7.78. The van der Waals surface area contributed by atoms with Crippen LogP contribution in [-0.2, 0) is 26.2 Å². The lowest BCUT2D eigenvalue weighted by Gasteiger charge is -2.33. The average molecular weight is 540 g/mol. The average Bonchev–Trinajstić information content (AvgIpc) is 2.86. The number of halogens is 1. The Bertz CT molecular complexity index is 1370. The van der Waals surface area contributed by atoms with Gasteiger partial charge in [-0.1, -0.05) is 42.5 Å². The van der Waals surface area contributed by atoms with E-state index in [1.54, 1.807) is 25.1 Å². The van der Waals surface area contributed by atoms with Crippen LogP contribution < -0.4 is 9.62 Å². The second-order valence-corrected chi connectivity index (χ2v) is 12.0. The maximum atomic E-state index is 13.9. The molecule has 0 aliphatic heterocycles. The summed E-state index contributed by atoms with van der Waals surface area (Å²) in [7, 11) is -4.19. The zero-order chi connectivity index (χ0) is 28.1. The normalized spacial score (nSPS) is 12.5. The molecule has 1 N–H and O–H groups in total. The number of amides is 2. The van der Waals surface area contributed by atoms with Crippen molar-refractivity contribution in [3.63, 3.8) is 0 Å². The van der Waals surface area contributed by atoms with Gasteiger partial charge in [-0.15, -0.1) is 0 Å². The quantitative estimate of drug-likeness (QED) is 0.429. The number of aryl methyl sites for hydroxylation is 1. The SMILES string of the molecule is Cc1ccccc1CN(C(=O)CN(c1ccc(F)cc1)S(=O)(=O)c1ccccc1)[C@@H](C)C(=O)NC(C)(C)C. The number of nitrogens with zero attached hydrogens (tertiary/aromatic N) is 2. The number of hydrogen-bond acceptors (Lipinski definition) is 4. The molecule has 0 radical (unpaired) electrons. The fraction of sp³-hybridized carbons (Fsp3) is 0.310. The highest BCUT2D eigenvalue weighted by atomic mass is 32.2. The molecule has 0 heterocycles. The van der Waals surface area contributed by atoms with Crippen LogP contribution in [0.5, 0.6) is 0 Å². The van der Waals surface area contributed by atoms with Gasteiger partial charge in [0.25, 0.3) is 10.0 Å². The molecule has 3 aromatic rings. The summed E-state index contributed by atoms with van der Waals surface area (Å²) in [4.78, 5) is 28.3. The van der Waals surface area contributed by atoms with E-state index in [9.17, 15) is 22.4 Å². The van der Waals surface area contributed by atoms with Gasteiger partial charge in [-0.3, -0.25) is 13.9 Å². The maximum Gasteiger partial charge on any atom is 0.264 e. The van der Waals surface area contributed by atoms with Gasteiger partial charge in [0.05, 0.1) is 10.6 Å². The van der Waals surface area contributed by atoms with E-state index in [1.807, 2.05) is 52.0 Å². The molecular formula is C29H34FN3O4S. The van der Waals surface area contributed by atoms with Crippen molar-refractivity contribution in [2.75, 3.05) is 10.8 Å². The molecule has 202 valence electrons. The lowest BCUT2D eigenvalue weighted by molar-refractivity contribution is -0.140. The predicted octanol–water partition coefficient (Wildman–Crippen LogP) is 4.66. The molecule has 0 aliphatic carbocycles. The van der Waals surface area contributed by atoms with E-state index in [-0.39, 0.29) is 23.0 Å². The van der Waals surface area contributed by atoms with Gasteiger partial charge in [0.1, 0.15) is 18.4 Å². The molecule has 1 atom stereocenters. The lowest BCUT2D eigenvalue weighted by Crippen LogP contribution is -2.54. The molecule has 0 spiro atoms. The summed E-state index contributed by atoms with van der Waals surface area (Å²) in [6.07, 6.45) is 0. The minimum Gasteiger partial charge on any atom is -0.350 e. The van der Waals surface area contributed by atoms with Crippen LogP contribution >= 0.6 is 0 Å². The van der Waals surface area contributed by atoms with Gasteiger partial charge < -0.3 is 10.2 Å². The summed E-state index contributed by atoms with van der Waals surface area (Å²) in [5.41, 5.74) is 1.36. The fourth-order valence-electron chi connectivity index (χ4n) is 3.88. The van der Waals surface area contributed by atoms with Crippen molar-refractivity contribution in [3.05, 3.63) is 95.8 Å². The van der Waals surface area contributed by atoms with Crippen LogP contribution in [0.25, 0.3) is 0 Å². The Morgan fingerprint density at radius 2 is 1.50 bits per heavy atom. The van der Waals surface area contributed by atoms with Crippen molar-refractivity contribution in [1.29, 1.82) is 0 Å². The Balaban J connectivity index is 2.03. The van der Waals surface area contributed by atoms with Crippen LogP contribution in [0.3, 0.4) is 0 Å². The molecule has 0 unspecified atom stereocenters. The maximum absolute atomic E-state index is 13.9. The summed E-state index contributed by atoms with van der Waals surface area (Å²) < 4.78 is 42.0. The third kappa shape index (κ3) is 7.19. The molecule has 0 saturated heterocycles. The molecule has 0 fully saturated rings. The van der Waals surface area contributed by atoms with E-state index in [1.165, 1.54) is 29.2 Å². The predicted molar refractivity (Wildman–Crippen MR) is 146 cm³/mol. The number of carbonyl (C=O) groups excluding carboxylic acids is 2. The first-order valence-corrected chi connectivity index (χ1v) is 13.7. The lowest BCUT2D eigenvalue weighted by atomic mass is 10.1. The van der Waals surface area contributed by atoms with E-state index >= 15 is 0 Å². The van der Waals surface area contributed by atoms with Gasteiger partial charge in [0.15, 0.2) is 0 Å². The molecule has 3 aromatic carbocycles. The molecule has 7 nitrogen and oxygen atoms in total. The van der Waals surface area contributed by atoms with E-state index in [0.717, 1.165) is 27.6 Å². The van der Waals surface area contributed by atoms with Crippen LogP contribution in [-0.4, -0.2) is 43.3 Å². The molecule has 9 heteroatoms. The summed E-state index contributed by atoms with van der Waals surface area (Å²) in [6, 6.07) is 19.2. The molecular weight excluding hydrogens is 505 g/mol. The first-order chi connectivity index (χ1) is 17.8. The van der Waals surface area contributed by atoms with E-state index in [0.29, 0.717) is 0 Å². The van der Waals surface area contributed by atoms with Gasteiger partial charge >= 0.3 is 0 Å². The van der Waals surface area contributed by atoms with Gasteiger partial charge in [0, 0.05) is 12.1 Å². The number of rotatable bonds is 9. The third-order valence-electron chi connectivity index (χ3n) is 5.99. The molecule has 3 rings (SSSR count). The standard InChI is InChI=1S/C29H34FN3O4S/c1-21-11-9-10-12-23(21)19-32(22(2)28(35)31-29(3,4)5)27(34)20-33(25-17-15-24(30)16-18-25)38(36,37)26-13-7-6-8-14-26/h6-18,22H,19-20H2,1-5H3,(H,31,35)/t22-/m0/s1. The molecule has 0 bridgehead atoms. The van der Waals surface area contributed by atoms with Crippen molar-refractivity contribution in [2.24, 2.45) is 0 Å². The molecule has 0 saturated carbocycles. The first-order valence-electron chi connectivity index (χ1n) is 12.3. The number of anilines is 1. The molecule has 38 heavy (non-hydrogen) atoms. The second kappa shape index (κ2) is 11.8. The largest absolute Gasteiger partial charge is 0.350 e. The minimum absolute atomic E-state index is 0.0129. The number of sulfonamides is 1. The summed E-state index contributed by atoms with van der Waals surface area (Å²) in [5.74, 6) is -1.47. The molecule has 0 aromatic heterocycles. The Hall–Kier alpha value is -3.72. The van der Waals surface area contributed by atoms with E-state index in [2.05, 4.69) is 5.32 Å². The van der Waals surface area contributed by atoms with E-state index in [4.69, 9.17) is 0 Å². The zero-order valence-electron chi connectivity index (χ0n) is 22.3. The van der Waals surface area contributed by atoms with Crippen molar-refractivity contribution in [1.82, 2.24) is 10.2 Å². The number of carbonyl (C=O) groups is 2. The smallest absolute Gasteiger partial charge is 0.264 e. The highest BCUT2D eigenvalue weighted by molar-refractivity contribution is 7.92. The Morgan fingerprint density at radius 3 is 2.08 bits per heavy atom. The molecule has 0 aliphatic rings. The van der Waals surface area contributed by atoms with Crippen molar-refractivity contribution in [3.8, 4) is 0 Å². The first kappa shape index (κ1) is 28.8. The van der Waals surface area contributed by atoms with Crippen molar-refractivity contribution >= 4 is 27.5 Å². The highest BCUT2D eigenvalue weighted by Gasteiger charge is 2.33. The van der Waals surface area contributed by atoms with Gasteiger partial charge in [-0.2, -0.15) is 0 Å². The van der Waals surface area contributed by atoms with Crippen LogP contribution in [0.4, 0.5) is 10.1 Å². The zero-order valence-corrected chi connectivity index (χ0v) is 23.1. The summed E-state index contributed by atoms with van der Waals surface area (Å²) in [5, 5.41) is 2.90. The summed E-state index contributed by atoms with van der Waals surface area (Å²) >= 11 is 0. The number of hydrogen-bond donors (Lipinski definition) is 1. The fourth-order valence-corrected chi connectivity index (χ4v) is 5.32.